The van der Waals surface area contributed by atoms with Crippen LogP contribution in [0, 0.1) is 0 Å². The van der Waals surface area contributed by atoms with Gasteiger partial charge in [-0.3, -0.25) is 9.48 Å². The van der Waals surface area contributed by atoms with Crippen molar-refractivity contribution in [2.24, 2.45) is 7.05 Å². The SMILES string of the molecule is CCCc1nn(C)c2c1NC(=O)C1CCCCCN21. The molecule has 1 unspecified atom stereocenters. The molecule has 1 amide bonds. The monoisotopic (exact) mass is 262 g/mol. The van der Waals surface area contributed by atoms with Crippen molar-refractivity contribution in [3.05, 3.63) is 5.69 Å². The van der Waals surface area contributed by atoms with Crippen LogP contribution >= 0.6 is 0 Å². The molecule has 1 fully saturated rings. The Hall–Kier alpha value is -1.52. The van der Waals surface area contributed by atoms with E-state index in [2.05, 4.69) is 22.2 Å². The molecule has 1 atom stereocenters. The molecule has 0 aliphatic carbocycles. The molecule has 0 saturated carbocycles. The van der Waals surface area contributed by atoms with E-state index in [-0.39, 0.29) is 11.9 Å². The standard InChI is InChI=1S/C14H22N4O/c1-3-7-10-12-14(17(2)16-10)18-9-6-4-5-8-11(18)13(19)15-12/h11H,3-9H2,1-2H3,(H,15,19). The molecule has 0 radical (unpaired) electrons. The summed E-state index contributed by atoms with van der Waals surface area (Å²) in [6.45, 7) is 3.11. The molecule has 5 heteroatoms. The maximum absolute atomic E-state index is 12.3. The van der Waals surface area contributed by atoms with Crippen molar-refractivity contribution >= 4 is 17.4 Å². The van der Waals surface area contributed by atoms with Crippen LogP contribution in [0.5, 0.6) is 0 Å². The Labute approximate surface area is 114 Å². The maximum atomic E-state index is 12.3. The van der Waals surface area contributed by atoms with E-state index in [4.69, 9.17) is 0 Å². The molecule has 104 valence electrons. The van der Waals surface area contributed by atoms with Gasteiger partial charge >= 0.3 is 0 Å². The molecule has 0 aromatic carbocycles. The molecule has 3 heterocycles. The zero-order valence-corrected chi connectivity index (χ0v) is 11.8. The van der Waals surface area contributed by atoms with E-state index in [1.54, 1.807) is 0 Å². The van der Waals surface area contributed by atoms with Gasteiger partial charge in [-0.05, 0) is 19.3 Å². The molecule has 0 bridgehead atoms. The molecule has 0 spiro atoms. The summed E-state index contributed by atoms with van der Waals surface area (Å²) in [5.41, 5.74) is 1.98. The van der Waals surface area contributed by atoms with Gasteiger partial charge in [-0.2, -0.15) is 5.10 Å². The first-order chi connectivity index (χ1) is 9.22. The number of fused-ring (bicyclic) bond motifs is 3. The Bertz CT molecular complexity index is 494. The van der Waals surface area contributed by atoms with E-state index in [9.17, 15) is 4.79 Å². The van der Waals surface area contributed by atoms with E-state index < -0.39 is 0 Å². The molecule has 2 aliphatic rings. The predicted molar refractivity (Wildman–Crippen MR) is 75.4 cm³/mol. The van der Waals surface area contributed by atoms with Crippen molar-refractivity contribution < 1.29 is 4.79 Å². The minimum Gasteiger partial charge on any atom is -0.343 e. The third-order valence-electron chi connectivity index (χ3n) is 4.15. The van der Waals surface area contributed by atoms with Gasteiger partial charge in [0.2, 0.25) is 5.91 Å². The number of hydrogen-bond donors (Lipinski definition) is 1. The fraction of sp³-hybridized carbons (Fsp3) is 0.714. The summed E-state index contributed by atoms with van der Waals surface area (Å²) in [5, 5.41) is 7.70. The summed E-state index contributed by atoms with van der Waals surface area (Å²) in [6, 6.07) is -0.000114. The Balaban J connectivity index is 2.04. The zero-order valence-electron chi connectivity index (χ0n) is 11.8. The highest BCUT2D eigenvalue weighted by molar-refractivity contribution is 6.03. The molecule has 1 saturated heterocycles. The molecule has 3 rings (SSSR count). The highest BCUT2D eigenvalue weighted by atomic mass is 16.2. The quantitative estimate of drug-likeness (QED) is 0.887. The van der Waals surface area contributed by atoms with Crippen molar-refractivity contribution in [1.29, 1.82) is 0 Å². The fourth-order valence-electron chi connectivity index (χ4n) is 3.28. The molecule has 1 aromatic heterocycles. The first kappa shape index (κ1) is 12.5. The van der Waals surface area contributed by atoms with Crippen LogP contribution in [0.1, 0.15) is 44.7 Å². The van der Waals surface area contributed by atoms with E-state index in [1.807, 2.05) is 11.7 Å². The number of aromatic nitrogens is 2. The smallest absolute Gasteiger partial charge is 0.247 e. The molecule has 1 N–H and O–H groups in total. The van der Waals surface area contributed by atoms with E-state index >= 15 is 0 Å². The van der Waals surface area contributed by atoms with Gasteiger partial charge in [0.15, 0.2) is 5.82 Å². The van der Waals surface area contributed by atoms with Crippen LogP contribution in [0.25, 0.3) is 0 Å². The number of nitrogens with zero attached hydrogens (tertiary/aromatic N) is 3. The molecular weight excluding hydrogens is 240 g/mol. The second-order valence-electron chi connectivity index (χ2n) is 5.57. The lowest BCUT2D eigenvalue weighted by atomic mass is 10.1. The van der Waals surface area contributed by atoms with Crippen LogP contribution < -0.4 is 10.2 Å². The Morgan fingerprint density at radius 2 is 2.21 bits per heavy atom. The van der Waals surface area contributed by atoms with Gasteiger partial charge in [0.1, 0.15) is 11.7 Å². The molecule has 5 nitrogen and oxygen atoms in total. The average Bonchev–Trinajstić information content (AvgIpc) is 2.58. The van der Waals surface area contributed by atoms with Gasteiger partial charge < -0.3 is 10.2 Å². The normalized spacial score (nSPS) is 22.5. The van der Waals surface area contributed by atoms with Gasteiger partial charge in [-0.25, -0.2) is 0 Å². The summed E-state index contributed by atoms with van der Waals surface area (Å²) in [4.78, 5) is 14.6. The number of rotatable bonds is 2. The highest BCUT2D eigenvalue weighted by Gasteiger charge is 2.37. The average molecular weight is 262 g/mol. The van der Waals surface area contributed by atoms with Gasteiger partial charge in [0.25, 0.3) is 0 Å². The third kappa shape index (κ3) is 2.01. The van der Waals surface area contributed by atoms with Crippen LogP contribution in [0.3, 0.4) is 0 Å². The fourth-order valence-corrected chi connectivity index (χ4v) is 3.28. The zero-order chi connectivity index (χ0) is 13.4. The van der Waals surface area contributed by atoms with Gasteiger partial charge in [0, 0.05) is 13.6 Å². The summed E-state index contributed by atoms with van der Waals surface area (Å²) in [7, 11) is 1.98. The number of amides is 1. The highest BCUT2D eigenvalue weighted by Crippen LogP contribution is 2.37. The van der Waals surface area contributed by atoms with Gasteiger partial charge in [0.05, 0.1) is 5.69 Å². The summed E-state index contributed by atoms with van der Waals surface area (Å²) in [5.74, 6) is 1.26. The Morgan fingerprint density at radius 3 is 3.00 bits per heavy atom. The van der Waals surface area contributed by atoms with Crippen molar-refractivity contribution in [3.8, 4) is 0 Å². The number of carbonyl (C=O) groups is 1. The molecular formula is C14H22N4O. The van der Waals surface area contributed by atoms with Crippen LogP contribution in [0.15, 0.2) is 0 Å². The van der Waals surface area contributed by atoms with Gasteiger partial charge in [-0.1, -0.05) is 26.2 Å². The summed E-state index contributed by atoms with van der Waals surface area (Å²) < 4.78 is 1.94. The van der Waals surface area contributed by atoms with Crippen molar-refractivity contribution in [1.82, 2.24) is 9.78 Å². The van der Waals surface area contributed by atoms with Crippen molar-refractivity contribution in [3.63, 3.8) is 0 Å². The van der Waals surface area contributed by atoms with Crippen LogP contribution in [0.2, 0.25) is 0 Å². The number of anilines is 2. The number of aryl methyl sites for hydroxylation is 2. The number of hydrogen-bond acceptors (Lipinski definition) is 3. The molecule has 2 aliphatic heterocycles. The summed E-state index contributed by atoms with van der Waals surface area (Å²) >= 11 is 0. The topological polar surface area (TPSA) is 50.2 Å². The van der Waals surface area contributed by atoms with Crippen LogP contribution in [-0.2, 0) is 18.3 Å². The minimum absolute atomic E-state index is 0.000114. The summed E-state index contributed by atoms with van der Waals surface area (Å²) in [6.07, 6.45) is 6.45. The second-order valence-corrected chi connectivity index (χ2v) is 5.57. The molecule has 19 heavy (non-hydrogen) atoms. The first-order valence-electron chi connectivity index (χ1n) is 7.35. The number of carbonyl (C=O) groups excluding carboxylic acids is 1. The van der Waals surface area contributed by atoms with Crippen molar-refractivity contribution in [2.75, 3.05) is 16.8 Å². The maximum Gasteiger partial charge on any atom is 0.247 e. The first-order valence-corrected chi connectivity index (χ1v) is 7.35. The lowest BCUT2D eigenvalue weighted by Crippen LogP contribution is -2.48. The van der Waals surface area contributed by atoms with E-state index in [1.165, 1.54) is 6.42 Å². The predicted octanol–water partition coefficient (Wildman–Crippen LogP) is 2.07. The lowest BCUT2D eigenvalue weighted by Gasteiger charge is -2.35. The van der Waals surface area contributed by atoms with Crippen LogP contribution in [0.4, 0.5) is 11.5 Å². The number of nitrogens with one attached hydrogen (secondary N) is 1. The van der Waals surface area contributed by atoms with Crippen molar-refractivity contribution in [2.45, 2.75) is 51.5 Å². The van der Waals surface area contributed by atoms with E-state index in [0.29, 0.717) is 0 Å². The lowest BCUT2D eigenvalue weighted by molar-refractivity contribution is -0.117. The largest absolute Gasteiger partial charge is 0.343 e. The minimum atomic E-state index is -0.000114. The Kier molecular flexibility index (Phi) is 3.21. The van der Waals surface area contributed by atoms with Crippen LogP contribution in [-0.4, -0.2) is 28.3 Å². The Morgan fingerprint density at radius 1 is 1.37 bits per heavy atom. The van der Waals surface area contributed by atoms with E-state index in [0.717, 1.165) is 55.8 Å². The third-order valence-corrected chi connectivity index (χ3v) is 4.15. The second kappa shape index (κ2) is 4.87. The van der Waals surface area contributed by atoms with Gasteiger partial charge in [-0.15, -0.1) is 0 Å². The molecule has 1 aromatic rings.